The summed E-state index contributed by atoms with van der Waals surface area (Å²) in [5, 5.41) is 0. The first kappa shape index (κ1) is 53.5. The van der Waals surface area contributed by atoms with E-state index in [0.717, 1.165) is 50.4 Å². The van der Waals surface area contributed by atoms with Gasteiger partial charge in [-0.3, -0.25) is 9.98 Å². The predicted octanol–water partition coefficient (Wildman–Crippen LogP) is 18.7. The second-order valence-corrected chi connectivity index (χ2v) is 17.9. The normalized spacial score (nSPS) is 12.1. The van der Waals surface area contributed by atoms with Gasteiger partial charge in [-0.25, -0.2) is 0 Å². The smallest absolute Gasteiger partial charge is 0.0635 e. The van der Waals surface area contributed by atoms with Gasteiger partial charge in [-0.05, 0) is 102 Å². The summed E-state index contributed by atoms with van der Waals surface area (Å²) in [6.45, 7) is 17.6. The van der Waals surface area contributed by atoms with E-state index in [-0.39, 0.29) is 0 Å². The van der Waals surface area contributed by atoms with Gasteiger partial charge >= 0.3 is 0 Å². The lowest BCUT2D eigenvalue weighted by molar-refractivity contribution is 0.515. The molecule has 0 unspecified atom stereocenters. The number of anilines is 2. The minimum atomic E-state index is 0.994. The van der Waals surface area contributed by atoms with Crippen LogP contribution in [-0.2, 0) is 0 Å². The molecule has 0 saturated carbocycles. The molecule has 4 nitrogen and oxygen atoms in total. The van der Waals surface area contributed by atoms with Crippen LogP contribution in [-0.4, -0.2) is 37.6 Å². The number of unbranched alkanes of at least 4 members (excludes halogenated alkanes) is 28. The Morgan fingerprint density at radius 1 is 0.300 bits per heavy atom. The van der Waals surface area contributed by atoms with Crippen LogP contribution in [0.25, 0.3) is 0 Å². The molecule has 2 rings (SSSR count). The Hall–Kier alpha value is -2.62. The fraction of sp³-hybridized carbons (Fsp3) is 0.750. The maximum Gasteiger partial charge on any atom is 0.0635 e. The van der Waals surface area contributed by atoms with Gasteiger partial charge in [0.2, 0.25) is 0 Å². The Morgan fingerprint density at radius 2 is 0.517 bits per heavy atom. The summed E-state index contributed by atoms with van der Waals surface area (Å²) in [5.74, 6) is 0. The Labute approximate surface area is 374 Å². The van der Waals surface area contributed by atoms with Crippen LogP contribution in [0.4, 0.5) is 22.7 Å². The standard InChI is InChI=1S/C56H98N4/c1-7-13-15-17-18-19-20-21-22-23-24-25-26-27-28-29-30-31-32-33-34-35-36-37-38-40-42-56(58-52-45-49-54(50-46-52)60(11-5)12-6)55(41-39-16-14-8-2)57-51-43-47-53(48-44-51)59(9-3)10-4/h43-50H,7-42H2,1-6H3. The van der Waals surface area contributed by atoms with Crippen molar-refractivity contribution in [1.82, 2.24) is 0 Å². The van der Waals surface area contributed by atoms with E-state index in [1.807, 2.05) is 0 Å². The zero-order chi connectivity index (χ0) is 43.1. The summed E-state index contributed by atoms with van der Waals surface area (Å²) in [7, 11) is 0. The average molecular weight is 827 g/mol. The minimum Gasteiger partial charge on any atom is -0.372 e. The fourth-order valence-electron chi connectivity index (χ4n) is 8.82. The van der Waals surface area contributed by atoms with Gasteiger partial charge < -0.3 is 9.80 Å². The third kappa shape index (κ3) is 26.0. The third-order valence-electron chi connectivity index (χ3n) is 12.9. The highest BCUT2D eigenvalue weighted by Gasteiger charge is 2.12. The molecule has 0 aliphatic rings. The molecule has 0 aliphatic heterocycles. The van der Waals surface area contributed by atoms with Gasteiger partial charge in [-0.2, -0.15) is 0 Å². The molecule has 0 radical (unpaired) electrons. The first-order valence-corrected chi connectivity index (χ1v) is 26.4. The number of hydrogen-bond donors (Lipinski definition) is 0. The zero-order valence-corrected chi connectivity index (χ0v) is 40.9. The van der Waals surface area contributed by atoms with Crippen molar-refractivity contribution in [2.75, 3.05) is 36.0 Å². The van der Waals surface area contributed by atoms with Crippen LogP contribution in [0.3, 0.4) is 0 Å². The lowest BCUT2D eigenvalue weighted by Crippen LogP contribution is -2.21. The summed E-state index contributed by atoms with van der Waals surface area (Å²) < 4.78 is 0. The lowest BCUT2D eigenvalue weighted by atomic mass is 10.00. The van der Waals surface area contributed by atoms with Crippen LogP contribution in [0.2, 0.25) is 0 Å². The highest BCUT2D eigenvalue weighted by atomic mass is 15.1. The second-order valence-electron chi connectivity index (χ2n) is 17.9. The third-order valence-corrected chi connectivity index (χ3v) is 12.9. The van der Waals surface area contributed by atoms with Gasteiger partial charge in [0.05, 0.1) is 22.8 Å². The highest BCUT2D eigenvalue weighted by Crippen LogP contribution is 2.25. The number of nitrogens with zero attached hydrogens (tertiary/aromatic N) is 4. The lowest BCUT2D eigenvalue weighted by Gasteiger charge is -2.21. The number of aliphatic imine (C=N–C) groups is 2. The summed E-state index contributed by atoms with van der Waals surface area (Å²) in [5.41, 5.74) is 7.03. The first-order valence-electron chi connectivity index (χ1n) is 26.4. The van der Waals surface area contributed by atoms with Crippen molar-refractivity contribution in [2.24, 2.45) is 9.98 Å². The van der Waals surface area contributed by atoms with Crippen LogP contribution in [0, 0.1) is 0 Å². The maximum atomic E-state index is 5.37. The van der Waals surface area contributed by atoms with E-state index in [1.54, 1.807) is 0 Å². The Bertz CT molecular complexity index is 1290. The van der Waals surface area contributed by atoms with Gasteiger partial charge in [0.1, 0.15) is 0 Å². The van der Waals surface area contributed by atoms with Gasteiger partial charge in [-0.15, -0.1) is 0 Å². The molecule has 0 heterocycles. The molecule has 0 amide bonds. The first-order chi connectivity index (χ1) is 29.6. The van der Waals surface area contributed by atoms with Gasteiger partial charge in [-0.1, -0.05) is 194 Å². The van der Waals surface area contributed by atoms with E-state index in [4.69, 9.17) is 9.98 Å². The van der Waals surface area contributed by atoms with E-state index in [2.05, 4.69) is 99.9 Å². The SMILES string of the molecule is CCCCCCCCCCCCCCCCCCCCCCCCCCCCC(=Nc1ccc(N(CC)CC)cc1)C(CCCCCC)=Nc1ccc(N(CC)CC)cc1. The van der Waals surface area contributed by atoms with Gasteiger partial charge in [0.25, 0.3) is 0 Å². The molecule has 0 aromatic heterocycles. The fourth-order valence-corrected chi connectivity index (χ4v) is 8.82. The van der Waals surface area contributed by atoms with Crippen LogP contribution < -0.4 is 9.80 Å². The van der Waals surface area contributed by atoms with E-state index in [9.17, 15) is 0 Å². The summed E-state index contributed by atoms with van der Waals surface area (Å²) in [4.78, 5) is 15.5. The molecule has 342 valence electrons. The van der Waals surface area contributed by atoms with Crippen molar-refractivity contribution in [3.63, 3.8) is 0 Å². The van der Waals surface area contributed by atoms with Crippen LogP contribution in [0.5, 0.6) is 0 Å². The predicted molar refractivity (Wildman–Crippen MR) is 273 cm³/mol. The van der Waals surface area contributed by atoms with Crippen LogP contribution in [0.15, 0.2) is 58.5 Å². The van der Waals surface area contributed by atoms with Crippen molar-refractivity contribution in [1.29, 1.82) is 0 Å². The van der Waals surface area contributed by atoms with Gasteiger partial charge in [0.15, 0.2) is 0 Å². The number of hydrogen-bond acceptors (Lipinski definition) is 4. The van der Waals surface area contributed by atoms with E-state index < -0.39 is 0 Å². The van der Waals surface area contributed by atoms with Crippen LogP contribution in [0.1, 0.15) is 247 Å². The highest BCUT2D eigenvalue weighted by molar-refractivity contribution is 6.43. The van der Waals surface area contributed by atoms with Crippen molar-refractivity contribution < 1.29 is 0 Å². The van der Waals surface area contributed by atoms with Gasteiger partial charge in [0, 0.05) is 37.6 Å². The molecule has 0 N–H and O–H groups in total. The maximum absolute atomic E-state index is 5.37. The molecular formula is C56H98N4. The average Bonchev–Trinajstić information content (AvgIpc) is 3.27. The Kier molecular flexibility index (Phi) is 34.0. The quantitative estimate of drug-likeness (QED) is 0.0494. The molecular weight excluding hydrogens is 729 g/mol. The monoisotopic (exact) mass is 827 g/mol. The van der Waals surface area contributed by atoms with Crippen molar-refractivity contribution in [3.05, 3.63) is 48.5 Å². The molecule has 0 spiro atoms. The summed E-state index contributed by atoms with van der Waals surface area (Å²) in [6.07, 6.45) is 44.0. The molecule has 60 heavy (non-hydrogen) atoms. The zero-order valence-electron chi connectivity index (χ0n) is 40.9. The molecule has 0 aliphatic carbocycles. The molecule has 0 bridgehead atoms. The molecule has 2 aromatic rings. The van der Waals surface area contributed by atoms with Crippen molar-refractivity contribution in [3.8, 4) is 0 Å². The van der Waals surface area contributed by atoms with E-state index in [0.29, 0.717) is 0 Å². The summed E-state index contributed by atoms with van der Waals surface area (Å²) in [6, 6.07) is 17.8. The molecule has 0 saturated heterocycles. The van der Waals surface area contributed by atoms with E-state index in [1.165, 1.54) is 215 Å². The molecule has 2 aromatic carbocycles. The molecule has 0 atom stereocenters. The Morgan fingerprint density at radius 3 is 0.750 bits per heavy atom. The van der Waals surface area contributed by atoms with Crippen LogP contribution >= 0.6 is 0 Å². The minimum absolute atomic E-state index is 0.994. The molecule has 0 fully saturated rings. The Balaban J connectivity index is 1.74. The largest absolute Gasteiger partial charge is 0.372 e. The van der Waals surface area contributed by atoms with Crippen molar-refractivity contribution >= 4 is 34.2 Å². The molecule has 4 heteroatoms. The topological polar surface area (TPSA) is 31.2 Å². The van der Waals surface area contributed by atoms with E-state index >= 15 is 0 Å². The number of rotatable bonds is 41. The second kappa shape index (κ2) is 38.1. The van der Waals surface area contributed by atoms with Crippen molar-refractivity contribution in [2.45, 2.75) is 247 Å². The number of benzene rings is 2. The summed E-state index contributed by atoms with van der Waals surface area (Å²) >= 11 is 0.